The second-order valence-corrected chi connectivity index (χ2v) is 10.5. The first-order valence-electron chi connectivity index (χ1n) is 10.3. The molecule has 2 aromatic carbocycles. The summed E-state index contributed by atoms with van der Waals surface area (Å²) in [5, 5.41) is 9.66. The lowest BCUT2D eigenvalue weighted by molar-refractivity contribution is 0.0527. The lowest BCUT2D eigenvalue weighted by Crippen LogP contribution is -2.20. The van der Waals surface area contributed by atoms with Crippen LogP contribution in [-0.2, 0) is 28.4 Å². The van der Waals surface area contributed by atoms with E-state index in [4.69, 9.17) is 4.74 Å². The average Bonchev–Trinajstić information content (AvgIpc) is 2.98. The molecule has 1 unspecified atom stereocenters. The smallest absolute Gasteiger partial charge is 0.340 e. The molecule has 0 amide bonds. The van der Waals surface area contributed by atoms with Crippen LogP contribution >= 0.6 is 15.9 Å². The maximum Gasteiger partial charge on any atom is 0.340 e. The molecule has 0 spiro atoms. The predicted octanol–water partition coefficient (Wildman–Crippen LogP) is 4.17. The molecule has 0 aliphatic rings. The molecule has 0 saturated heterocycles. The summed E-state index contributed by atoms with van der Waals surface area (Å²) in [7, 11) is 0.552. The van der Waals surface area contributed by atoms with Crippen molar-refractivity contribution in [2.24, 2.45) is 7.05 Å². The number of hydrogen-bond donors (Lipinski definition) is 2. The Balaban J connectivity index is 2.53. The number of carbonyl (C=O) groups is 1. The van der Waals surface area contributed by atoms with E-state index in [0.29, 0.717) is 26.5 Å². The molecule has 0 aliphatic carbocycles. The van der Waals surface area contributed by atoms with Gasteiger partial charge in [-0.15, -0.1) is 0 Å². The van der Waals surface area contributed by atoms with Gasteiger partial charge in [0.25, 0.3) is 10.1 Å². The maximum absolute atomic E-state index is 13.2. The Bertz CT molecular complexity index is 1310. The standard InChI is InChI=1S/C23H27BrN2O6S/c1-6-32-23(28)19-18-15(12-25(3)4)21(27)16(24)11-17(18)26(5)20(19)22(33(29,30)31)14-9-7-13(2)8-10-14/h7-11,22,27H,6,12H2,1-5H3,(H,29,30,31). The summed E-state index contributed by atoms with van der Waals surface area (Å²) in [5.41, 5.74) is 2.22. The van der Waals surface area contributed by atoms with Gasteiger partial charge in [0.2, 0.25) is 0 Å². The molecular formula is C23H27BrN2O6S. The van der Waals surface area contributed by atoms with Crippen LogP contribution in [0.5, 0.6) is 5.75 Å². The Morgan fingerprint density at radius 1 is 1.24 bits per heavy atom. The van der Waals surface area contributed by atoms with Crippen LogP contribution in [0.3, 0.4) is 0 Å². The number of aryl methyl sites for hydroxylation is 2. The van der Waals surface area contributed by atoms with E-state index < -0.39 is 21.3 Å². The fourth-order valence-electron chi connectivity index (χ4n) is 4.05. The van der Waals surface area contributed by atoms with E-state index in [1.165, 1.54) is 0 Å². The van der Waals surface area contributed by atoms with Crippen LogP contribution in [0.25, 0.3) is 10.9 Å². The molecule has 0 saturated carbocycles. The van der Waals surface area contributed by atoms with E-state index in [1.54, 1.807) is 48.9 Å². The number of rotatable bonds is 7. The topological polar surface area (TPSA) is 109 Å². The second-order valence-electron chi connectivity index (χ2n) is 8.16. The molecule has 0 aliphatic heterocycles. The lowest BCUT2D eigenvalue weighted by Gasteiger charge is -2.18. The van der Waals surface area contributed by atoms with Crippen molar-refractivity contribution in [3.05, 3.63) is 62.8 Å². The van der Waals surface area contributed by atoms with E-state index >= 15 is 0 Å². The van der Waals surface area contributed by atoms with Crippen molar-refractivity contribution in [1.82, 2.24) is 9.47 Å². The van der Waals surface area contributed by atoms with Gasteiger partial charge in [0, 0.05) is 24.5 Å². The Morgan fingerprint density at radius 2 is 1.85 bits per heavy atom. The summed E-state index contributed by atoms with van der Waals surface area (Å²) in [4.78, 5) is 15.0. The van der Waals surface area contributed by atoms with E-state index in [0.717, 1.165) is 5.56 Å². The number of benzene rings is 2. The Labute approximate surface area is 201 Å². The summed E-state index contributed by atoms with van der Waals surface area (Å²) in [6.07, 6.45) is 0. The Hall–Kier alpha value is -2.40. The number of esters is 1. The van der Waals surface area contributed by atoms with E-state index in [-0.39, 0.29) is 30.2 Å². The average molecular weight is 539 g/mol. The number of ether oxygens (including phenoxy) is 1. The third-order valence-electron chi connectivity index (χ3n) is 5.44. The van der Waals surface area contributed by atoms with E-state index in [9.17, 15) is 22.9 Å². The van der Waals surface area contributed by atoms with Gasteiger partial charge in [-0.05, 0) is 55.5 Å². The van der Waals surface area contributed by atoms with Crippen molar-refractivity contribution in [2.75, 3.05) is 20.7 Å². The minimum absolute atomic E-state index is 0.00259. The third-order valence-corrected chi connectivity index (χ3v) is 7.14. The van der Waals surface area contributed by atoms with Gasteiger partial charge in [-0.1, -0.05) is 29.8 Å². The Morgan fingerprint density at radius 3 is 2.36 bits per heavy atom. The first-order valence-corrected chi connectivity index (χ1v) is 12.5. The Kier molecular flexibility index (Phi) is 7.23. The zero-order chi connectivity index (χ0) is 24.7. The normalized spacial score (nSPS) is 13.0. The number of aromatic nitrogens is 1. The van der Waals surface area contributed by atoms with Gasteiger partial charge in [-0.25, -0.2) is 4.79 Å². The molecule has 1 heterocycles. The number of aromatic hydroxyl groups is 1. The number of hydrogen-bond acceptors (Lipinski definition) is 6. The molecule has 3 aromatic rings. The van der Waals surface area contributed by atoms with Crippen LogP contribution in [0.1, 0.15) is 44.9 Å². The highest BCUT2D eigenvalue weighted by Gasteiger charge is 2.37. The van der Waals surface area contributed by atoms with Gasteiger partial charge < -0.3 is 19.3 Å². The van der Waals surface area contributed by atoms with Gasteiger partial charge in [-0.3, -0.25) is 4.55 Å². The number of nitrogens with zero attached hydrogens (tertiary/aromatic N) is 2. The van der Waals surface area contributed by atoms with Gasteiger partial charge in [0.05, 0.1) is 27.9 Å². The van der Waals surface area contributed by atoms with E-state index in [2.05, 4.69) is 15.9 Å². The predicted molar refractivity (Wildman–Crippen MR) is 130 cm³/mol. The monoisotopic (exact) mass is 538 g/mol. The molecule has 2 N–H and O–H groups in total. The third kappa shape index (κ3) is 4.79. The van der Waals surface area contributed by atoms with Crippen molar-refractivity contribution in [2.45, 2.75) is 25.6 Å². The van der Waals surface area contributed by atoms with Crippen LogP contribution in [0.4, 0.5) is 0 Å². The second kappa shape index (κ2) is 9.46. The molecule has 1 aromatic heterocycles. The molecule has 3 rings (SSSR count). The number of halogens is 1. The molecule has 33 heavy (non-hydrogen) atoms. The molecule has 0 radical (unpaired) electrons. The minimum atomic E-state index is -4.69. The SMILES string of the molecule is CCOC(=O)c1c(C(c2ccc(C)cc2)S(=O)(=O)O)n(C)c2cc(Br)c(O)c(CN(C)C)c12. The molecule has 178 valence electrons. The highest BCUT2D eigenvalue weighted by Crippen LogP contribution is 2.43. The zero-order valence-electron chi connectivity index (χ0n) is 19.1. The fraction of sp³-hybridized carbons (Fsp3) is 0.348. The minimum Gasteiger partial charge on any atom is -0.506 e. The van der Waals surface area contributed by atoms with Crippen molar-refractivity contribution >= 4 is 42.9 Å². The fourth-order valence-corrected chi connectivity index (χ4v) is 5.56. The molecule has 0 fully saturated rings. The van der Waals surface area contributed by atoms with Crippen molar-refractivity contribution in [1.29, 1.82) is 0 Å². The van der Waals surface area contributed by atoms with Crippen LogP contribution in [-0.4, -0.2) is 54.2 Å². The highest BCUT2D eigenvalue weighted by atomic mass is 79.9. The summed E-state index contributed by atoms with van der Waals surface area (Å²) < 4.78 is 43.0. The summed E-state index contributed by atoms with van der Waals surface area (Å²) in [5.74, 6) is -0.793. The van der Waals surface area contributed by atoms with Gasteiger partial charge in [-0.2, -0.15) is 8.42 Å². The van der Waals surface area contributed by atoms with Crippen LogP contribution < -0.4 is 0 Å². The number of phenols is 1. The summed E-state index contributed by atoms with van der Waals surface area (Å²) >= 11 is 3.36. The number of fused-ring (bicyclic) bond motifs is 1. The van der Waals surface area contributed by atoms with Crippen LogP contribution in [0, 0.1) is 6.92 Å². The van der Waals surface area contributed by atoms with Crippen LogP contribution in [0.2, 0.25) is 0 Å². The lowest BCUT2D eigenvalue weighted by atomic mass is 9.99. The zero-order valence-corrected chi connectivity index (χ0v) is 21.5. The molecule has 0 bridgehead atoms. The first kappa shape index (κ1) is 25.2. The number of phenolic OH excluding ortho intramolecular Hbond substituents is 1. The number of carbonyl (C=O) groups excluding carboxylic acids is 1. The van der Waals surface area contributed by atoms with Crippen LogP contribution in [0.15, 0.2) is 34.8 Å². The quantitative estimate of drug-likeness (QED) is 0.343. The highest BCUT2D eigenvalue weighted by molar-refractivity contribution is 9.10. The molecule has 1 atom stereocenters. The van der Waals surface area contributed by atoms with Gasteiger partial charge in [0.1, 0.15) is 5.75 Å². The van der Waals surface area contributed by atoms with Gasteiger partial charge >= 0.3 is 5.97 Å². The largest absolute Gasteiger partial charge is 0.506 e. The first-order chi connectivity index (χ1) is 15.4. The molecule has 8 nitrogen and oxygen atoms in total. The van der Waals surface area contributed by atoms with Crippen molar-refractivity contribution in [3.8, 4) is 5.75 Å². The van der Waals surface area contributed by atoms with E-state index in [1.807, 2.05) is 25.9 Å². The van der Waals surface area contributed by atoms with Gasteiger partial charge in [0.15, 0.2) is 5.25 Å². The molecule has 10 heteroatoms. The maximum atomic E-state index is 13.2. The van der Waals surface area contributed by atoms with Crippen molar-refractivity contribution < 1.29 is 27.6 Å². The summed E-state index contributed by atoms with van der Waals surface area (Å²) in [6, 6.07) is 8.30. The molecular weight excluding hydrogens is 512 g/mol. The summed E-state index contributed by atoms with van der Waals surface area (Å²) in [6.45, 7) is 3.86. The van der Waals surface area contributed by atoms with Crippen molar-refractivity contribution in [3.63, 3.8) is 0 Å².